The van der Waals surface area contributed by atoms with E-state index in [2.05, 4.69) is 15.9 Å². The van der Waals surface area contributed by atoms with Crippen molar-refractivity contribution in [2.24, 2.45) is 0 Å². The van der Waals surface area contributed by atoms with E-state index >= 15 is 0 Å². The first kappa shape index (κ1) is 11.0. The van der Waals surface area contributed by atoms with Crippen molar-refractivity contribution in [3.63, 3.8) is 0 Å². The van der Waals surface area contributed by atoms with Crippen LogP contribution in [0, 0.1) is 5.82 Å². The lowest BCUT2D eigenvalue weighted by atomic mass is 9.98. The quantitative estimate of drug-likeness (QED) is 0.773. The number of hydrogen-bond donors (Lipinski definition) is 1. The van der Waals surface area contributed by atoms with E-state index in [4.69, 9.17) is 11.6 Å². The molecule has 0 amide bonds. The minimum absolute atomic E-state index is 0.0416. The Hall–Kier alpha value is -0.120. The smallest absolute Gasteiger partial charge is 0.156 e. The van der Waals surface area contributed by atoms with Crippen LogP contribution in [0.1, 0.15) is 19.4 Å². The fraction of sp³-hybridized carbons (Fsp3) is 0.333. The van der Waals surface area contributed by atoms with Gasteiger partial charge in [0.05, 0.1) is 15.1 Å². The normalized spacial score (nSPS) is 11.8. The molecule has 13 heavy (non-hydrogen) atoms. The zero-order valence-electron chi connectivity index (χ0n) is 7.24. The topological polar surface area (TPSA) is 20.2 Å². The number of rotatable bonds is 1. The van der Waals surface area contributed by atoms with Crippen LogP contribution in [0.4, 0.5) is 4.39 Å². The Morgan fingerprint density at radius 1 is 1.46 bits per heavy atom. The maximum absolute atomic E-state index is 13.2. The standard InChI is InChI=1S/C9H9BrClFO/c1-9(2,13)5-3-4-6(11)8(12)7(5)10/h3-4,13H,1-2H3. The van der Waals surface area contributed by atoms with Gasteiger partial charge in [0, 0.05) is 5.56 Å². The van der Waals surface area contributed by atoms with Crippen molar-refractivity contribution >= 4 is 27.5 Å². The number of halogens is 3. The highest BCUT2D eigenvalue weighted by molar-refractivity contribution is 9.10. The van der Waals surface area contributed by atoms with E-state index < -0.39 is 11.4 Å². The molecule has 4 heteroatoms. The Bertz CT molecular complexity index is 333. The summed E-state index contributed by atoms with van der Waals surface area (Å²) < 4.78 is 13.4. The third kappa shape index (κ3) is 2.22. The summed E-state index contributed by atoms with van der Waals surface area (Å²) in [7, 11) is 0. The molecule has 0 atom stereocenters. The molecule has 1 aromatic carbocycles. The summed E-state index contributed by atoms with van der Waals surface area (Å²) in [6, 6.07) is 3.02. The molecule has 1 rings (SSSR count). The summed E-state index contributed by atoms with van der Waals surface area (Å²) in [5, 5.41) is 9.69. The van der Waals surface area contributed by atoms with Gasteiger partial charge >= 0.3 is 0 Å². The second kappa shape index (κ2) is 3.56. The maximum atomic E-state index is 13.2. The molecule has 0 saturated carbocycles. The number of aliphatic hydroxyl groups is 1. The van der Waals surface area contributed by atoms with E-state index in [0.717, 1.165) is 0 Å². The molecule has 1 N–H and O–H groups in total. The maximum Gasteiger partial charge on any atom is 0.156 e. The van der Waals surface area contributed by atoms with E-state index in [1.54, 1.807) is 19.9 Å². The van der Waals surface area contributed by atoms with Gasteiger partial charge in [0.25, 0.3) is 0 Å². The van der Waals surface area contributed by atoms with E-state index in [1.807, 2.05) is 0 Å². The van der Waals surface area contributed by atoms with E-state index in [0.29, 0.717) is 5.56 Å². The van der Waals surface area contributed by atoms with Crippen LogP contribution in [0.15, 0.2) is 16.6 Å². The monoisotopic (exact) mass is 266 g/mol. The molecular formula is C9H9BrClFO. The third-order valence-electron chi connectivity index (χ3n) is 1.69. The van der Waals surface area contributed by atoms with Gasteiger partial charge in [0.2, 0.25) is 0 Å². The summed E-state index contributed by atoms with van der Waals surface area (Å²) in [6.07, 6.45) is 0. The average molecular weight is 268 g/mol. The molecule has 0 bridgehead atoms. The molecule has 0 saturated heterocycles. The van der Waals surface area contributed by atoms with Crippen molar-refractivity contribution in [1.29, 1.82) is 0 Å². The highest BCUT2D eigenvalue weighted by Gasteiger charge is 2.22. The lowest BCUT2D eigenvalue weighted by Crippen LogP contribution is -2.16. The molecule has 0 aliphatic rings. The predicted molar refractivity (Wildman–Crippen MR) is 54.4 cm³/mol. The van der Waals surface area contributed by atoms with Gasteiger partial charge in [-0.1, -0.05) is 17.7 Å². The second-order valence-corrected chi connectivity index (χ2v) is 4.48. The highest BCUT2D eigenvalue weighted by atomic mass is 79.9. The first-order chi connectivity index (χ1) is 5.84. The minimum atomic E-state index is -1.08. The predicted octanol–water partition coefficient (Wildman–Crippen LogP) is 3.47. The van der Waals surface area contributed by atoms with Gasteiger partial charge in [-0.3, -0.25) is 0 Å². The molecule has 0 radical (unpaired) electrons. The van der Waals surface area contributed by atoms with E-state index in [9.17, 15) is 9.50 Å². The molecule has 0 aliphatic heterocycles. The van der Waals surface area contributed by atoms with Gasteiger partial charge < -0.3 is 5.11 Å². The van der Waals surface area contributed by atoms with Crippen molar-refractivity contribution in [2.45, 2.75) is 19.4 Å². The average Bonchev–Trinajstić information content (AvgIpc) is 1.98. The van der Waals surface area contributed by atoms with Crippen molar-refractivity contribution in [3.05, 3.63) is 33.0 Å². The zero-order chi connectivity index (χ0) is 10.2. The Balaban J connectivity index is 3.35. The number of benzene rings is 1. The van der Waals surface area contributed by atoms with Crippen LogP contribution >= 0.6 is 27.5 Å². The van der Waals surface area contributed by atoms with Gasteiger partial charge in [-0.15, -0.1) is 0 Å². The van der Waals surface area contributed by atoms with Crippen LogP contribution < -0.4 is 0 Å². The summed E-state index contributed by atoms with van der Waals surface area (Å²) in [4.78, 5) is 0. The number of hydrogen-bond acceptors (Lipinski definition) is 1. The first-order valence-electron chi connectivity index (χ1n) is 3.70. The van der Waals surface area contributed by atoms with Crippen LogP contribution in [0.25, 0.3) is 0 Å². The lowest BCUT2D eigenvalue weighted by molar-refractivity contribution is 0.0774. The van der Waals surface area contributed by atoms with Gasteiger partial charge in [-0.2, -0.15) is 0 Å². The Morgan fingerprint density at radius 2 is 2.00 bits per heavy atom. The molecule has 0 aromatic heterocycles. The largest absolute Gasteiger partial charge is 0.386 e. The third-order valence-corrected chi connectivity index (χ3v) is 2.76. The van der Waals surface area contributed by atoms with Gasteiger partial charge in [0.15, 0.2) is 5.82 Å². The Morgan fingerprint density at radius 3 is 2.46 bits per heavy atom. The molecule has 0 unspecified atom stereocenters. The summed E-state index contributed by atoms with van der Waals surface area (Å²) in [5.74, 6) is -0.540. The molecular weight excluding hydrogens is 258 g/mol. The molecule has 0 aliphatic carbocycles. The summed E-state index contributed by atoms with van der Waals surface area (Å²) >= 11 is 8.60. The van der Waals surface area contributed by atoms with Crippen molar-refractivity contribution < 1.29 is 9.50 Å². The Labute approximate surface area is 89.7 Å². The Kier molecular flexibility index (Phi) is 3.00. The minimum Gasteiger partial charge on any atom is -0.386 e. The fourth-order valence-corrected chi connectivity index (χ4v) is 2.10. The van der Waals surface area contributed by atoms with Gasteiger partial charge in [0.1, 0.15) is 0 Å². The molecule has 0 heterocycles. The van der Waals surface area contributed by atoms with Gasteiger partial charge in [-0.25, -0.2) is 4.39 Å². The van der Waals surface area contributed by atoms with Crippen molar-refractivity contribution in [1.82, 2.24) is 0 Å². The zero-order valence-corrected chi connectivity index (χ0v) is 9.58. The second-order valence-electron chi connectivity index (χ2n) is 3.28. The SMILES string of the molecule is CC(C)(O)c1ccc(Cl)c(F)c1Br. The van der Waals surface area contributed by atoms with E-state index in [-0.39, 0.29) is 9.50 Å². The molecule has 0 fully saturated rings. The summed E-state index contributed by atoms with van der Waals surface area (Å²) in [6.45, 7) is 3.17. The van der Waals surface area contributed by atoms with Crippen LogP contribution in [0.2, 0.25) is 5.02 Å². The molecule has 72 valence electrons. The molecule has 1 nitrogen and oxygen atoms in total. The highest BCUT2D eigenvalue weighted by Crippen LogP contribution is 2.33. The lowest BCUT2D eigenvalue weighted by Gasteiger charge is -2.19. The van der Waals surface area contributed by atoms with Crippen LogP contribution in [0.5, 0.6) is 0 Å². The molecule has 1 aromatic rings. The van der Waals surface area contributed by atoms with Crippen molar-refractivity contribution in [2.75, 3.05) is 0 Å². The van der Waals surface area contributed by atoms with Crippen LogP contribution in [-0.2, 0) is 5.60 Å². The first-order valence-corrected chi connectivity index (χ1v) is 4.87. The summed E-state index contributed by atoms with van der Waals surface area (Å²) in [5.41, 5.74) is -0.598. The van der Waals surface area contributed by atoms with Crippen LogP contribution in [0.3, 0.4) is 0 Å². The van der Waals surface area contributed by atoms with Crippen LogP contribution in [-0.4, -0.2) is 5.11 Å². The molecule has 0 spiro atoms. The van der Waals surface area contributed by atoms with Crippen molar-refractivity contribution in [3.8, 4) is 0 Å². The van der Waals surface area contributed by atoms with Gasteiger partial charge in [-0.05, 0) is 35.8 Å². The fourth-order valence-electron chi connectivity index (χ4n) is 0.998. The van der Waals surface area contributed by atoms with E-state index in [1.165, 1.54) is 6.07 Å².